The summed E-state index contributed by atoms with van der Waals surface area (Å²) in [6.45, 7) is 1.65. The molecular formula is C9H13Cl2NO. The van der Waals surface area contributed by atoms with E-state index in [4.69, 9.17) is 17.3 Å². The first kappa shape index (κ1) is 12.7. The van der Waals surface area contributed by atoms with Crippen molar-refractivity contribution >= 4 is 24.0 Å². The molecule has 0 aliphatic carbocycles. The molecule has 0 saturated carbocycles. The van der Waals surface area contributed by atoms with Gasteiger partial charge in [0.15, 0.2) is 0 Å². The summed E-state index contributed by atoms with van der Waals surface area (Å²) >= 11 is 5.87. The number of hydrogen-bond donors (Lipinski definition) is 2. The lowest BCUT2D eigenvalue weighted by Crippen LogP contribution is -2.23. The van der Waals surface area contributed by atoms with Crippen LogP contribution in [0.2, 0.25) is 5.02 Å². The quantitative estimate of drug-likeness (QED) is 0.805. The third-order valence-electron chi connectivity index (χ3n) is 1.78. The van der Waals surface area contributed by atoms with E-state index in [1.54, 1.807) is 13.0 Å². The standard InChI is InChI=1S/C9H12ClNO.ClH/c1-6(12)9(11)7-4-2-3-5-8(7)10;/h2-6,9,12H,11H2,1H3;1H. The molecule has 2 unspecified atom stereocenters. The third kappa shape index (κ3) is 3.16. The maximum absolute atomic E-state index is 9.22. The highest BCUT2D eigenvalue weighted by Crippen LogP contribution is 2.22. The van der Waals surface area contributed by atoms with Gasteiger partial charge in [0.1, 0.15) is 0 Å². The highest BCUT2D eigenvalue weighted by Gasteiger charge is 2.13. The first-order valence-corrected chi connectivity index (χ1v) is 4.19. The van der Waals surface area contributed by atoms with Crippen LogP contribution in [-0.4, -0.2) is 11.2 Å². The van der Waals surface area contributed by atoms with Crippen molar-refractivity contribution in [1.29, 1.82) is 0 Å². The average Bonchev–Trinajstić information content (AvgIpc) is 2.04. The van der Waals surface area contributed by atoms with E-state index in [0.717, 1.165) is 5.56 Å². The first-order chi connectivity index (χ1) is 5.63. The minimum atomic E-state index is -0.579. The van der Waals surface area contributed by atoms with Gasteiger partial charge in [-0.2, -0.15) is 0 Å². The lowest BCUT2D eigenvalue weighted by Gasteiger charge is -2.15. The number of rotatable bonds is 2. The Bertz CT molecular complexity index is 266. The summed E-state index contributed by atoms with van der Waals surface area (Å²) in [5.74, 6) is 0. The molecule has 0 radical (unpaired) electrons. The van der Waals surface area contributed by atoms with Crippen molar-refractivity contribution in [3.05, 3.63) is 34.9 Å². The summed E-state index contributed by atoms with van der Waals surface area (Å²) in [5.41, 5.74) is 6.49. The van der Waals surface area contributed by atoms with Gasteiger partial charge >= 0.3 is 0 Å². The van der Waals surface area contributed by atoms with E-state index in [0.29, 0.717) is 5.02 Å². The highest BCUT2D eigenvalue weighted by atomic mass is 35.5. The molecule has 0 aromatic heterocycles. The molecule has 1 aromatic rings. The summed E-state index contributed by atoms with van der Waals surface area (Å²) in [7, 11) is 0. The molecule has 4 heteroatoms. The van der Waals surface area contributed by atoms with Crippen molar-refractivity contribution < 1.29 is 5.11 Å². The van der Waals surface area contributed by atoms with E-state index in [2.05, 4.69) is 0 Å². The van der Waals surface area contributed by atoms with Crippen LogP contribution in [0, 0.1) is 0 Å². The molecule has 3 N–H and O–H groups in total. The lowest BCUT2D eigenvalue weighted by molar-refractivity contribution is 0.164. The second kappa shape index (κ2) is 5.45. The summed E-state index contributed by atoms with van der Waals surface area (Å²) < 4.78 is 0. The molecule has 0 amide bonds. The Morgan fingerprint density at radius 1 is 1.38 bits per heavy atom. The first-order valence-electron chi connectivity index (χ1n) is 3.81. The van der Waals surface area contributed by atoms with Gasteiger partial charge in [0.25, 0.3) is 0 Å². The van der Waals surface area contributed by atoms with Gasteiger partial charge in [-0.15, -0.1) is 12.4 Å². The number of aliphatic hydroxyl groups is 1. The van der Waals surface area contributed by atoms with Crippen LogP contribution >= 0.6 is 24.0 Å². The highest BCUT2D eigenvalue weighted by molar-refractivity contribution is 6.31. The van der Waals surface area contributed by atoms with Crippen LogP contribution in [0.25, 0.3) is 0 Å². The van der Waals surface area contributed by atoms with Crippen LogP contribution in [0.4, 0.5) is 0 Å². The molecule has 2 nitrogen and oxygen atoms in total. The van der Waals surface area contributed by atoms with Crippen molar-refractivity contribution in [2.24, 2.45) is 5.73 Å². The number of hydrogen-bond acceptors (Lipinski definition) is 2. The van der Waals surface area contributed by atoms with Gasteiger partial charge in [-0.05, 0) is 18.6 Å². The number of benzene rings is 1. The summed E-state index contributed by atoms with van der Waals surface area (Å²) in [6.07, 6.45) is -0.579. The van der Waals surface area contributed by atoms with Crippen LogP contribution in [-0.2, 0) is 0 Å². The normalized spacial score (nSPS) is 14.5. The zero-order valence-electron chi connectivity index (χ0n) is 7.27. The predicted molar refractivity (Wildman–Crippen MR) is 57.3 cm³/mol. The molecule has 1 aromatic carbocycles. The average molecular weight is 222 g/mol. The van der Waals surface area contributed by atoms with E-state index in [1.165, 1.54) is 0 Å². The Kier molecular flexibility index (Phi) is 5.33. The van der Waals surface area contributed by atoms with E-state index in [1.807, 2.05) is 18.2 Å². The van der Waals surface area contributed by atoms with Gasteiger partial charge in [-0.3, -0.25) is 0 Å². The lowest BCUT2D eigenvalue weighted by atomic mass is 10.0. The molecule has 0 heterocycles. The molecule has 0 aliphatic heterocycles. The molecular weight excluding hydrogens is 209 g/mol. The topological polar surface area (TPSA) is 46.2 Å². The van der Waals surface area contributed by atoms with Crippen LogP contribution in [0.5, 0.6) is 0 Å². The van der Waals surface area contributed by atoms with Gasteiger partial charge < -0.3 is 10.8 Å². The van der Waals surface area contributed by atoms with Crippen molar-refractivity contribution in [1.82, 2.24) is 0 Å². The van der Waals surface area contributed by atoms with Crippen LogP contribution in [0.1, 0.15) is 18.5 Å². The van der Waals surface area contributed by atoms with Crippen LogP contribution < -0.4 is 5.73 Å². The van der Waals surface area contributed by atoms with Gasteiger partial charge in [-0.25, -0.2) is 0 Å². The van der Waals surface area contributed by atoms with E-state index in [9.17, 15) is 5.11 Å². The minimum Gasteiger partial charge on any atom is -0.391 e. The molecule has 0 bridgehead atoms. The monoisotopic (exact) mass is 221 g/mol. The Hall–Kier alpha value is -0.280. The molecule has 0 spiro atoms. The Labute approximate surface area is 89.1 Å². The fraction of sp³-hybridized carbons (Fsp3) is 0.333. The number of aliphatic hydroxyl groups excluding tert-OH is 1. The molecule has 13 heavy (non-hydrogen) atoms. The second-order valence-electron chi connectivity index (χ2n) is 2.79. The van der Waals surface area contributed by atoms with Gasteiger partial charge in [-0.1, -0.05) is 29.8 Å². The summed E-state index contributed by atoms with van der Waals surface area (Å²) in [4.78, 5) is 0. The number of nitrogens with two attached hydrogens (primary N) is 1. The predicted octanol–water partition coefficient (Wildman–Crippen LogP) is 2.14. The SMILES string of the molecule is CC(O)C(N)c1ccccc1Cl.Cl. The van der Waals surface area contributed by atoms with Crippen molar-refractivity contribution in [3.63, 3.8) is 0 Å². The zero-order chi connectivity index (χ0) is 9.14. The second-order valence-corrected chi connectivity index (χ2v) is 3.20. The zero-order valence-corrected chi connectivity index (χ0v) is 8.85. The fourth-order valence-corrected chi connectivity index (χ4v) is 1.27. The Balaban J connectivity index is 0.00000144. The van der Waals surface area contributed by atoms with Crippen molar-refractivity contribution in [2.45, 2.75) is 19.1 Å². The molecule has 0 aliphatic rings. The van der Waals surface area contributed by atoms with Gasteiger partial charge in [0, 0.05) is 5.02 Å². The van der Waals surface area contributed by atoms with E-state index < -0.39 is 12.1 Å². The van der Waals surface area contributed by atoms with E-state index in [-0.39, 0.29) is 12.4 Å². The Morgan fingerprint density at radius 2 is 1.92 bits per heavy atom. The van der Waals surface area contributed by atoms with E-state index >= 15 is 0 Å². The third-order valence-corrected chi connectivity index (χ3v) is 2.13. The molecule has 0 fully saturated rings. The maximum atomic E-state index is 9.22. The van der Waals surface area contributed by atoms with Crippen molar-refractivity contribution in [3.8, 4) is 0 Å². The molecule has 0 saturated heterocycles. The van der Waals surface area contributed by atoms with Gasteiger partial charge in [0.2, 0.25) is 0 Å². The maximum Gasteiger partial charge on any atom is 0.0705 e. The van der Waals surface area contributed by atoms with Crippen LogP contribution in [0.15, 0.2) is 24.3 Å². The van der Waals surface area contributed by atoms with Gasteiger partial charge in [0.05, 0.1) is 12.1 Å². The summed E-state index contributed by atoms with van der Waals surface area (Å²) in [6, 6.07) is 6.86. The Morgan fingerprint density at radius 3 is 2.38 bits per heavy atom. The van der Waals surface area contributed by atoms with Crippen molar-refractivity contribution in [2.75, 3.05) is 0 Å². The fourth-order valence-electron chi connectivity index (χ4n) is 1.01. The molecule has 2 atom stereocenters. The number of halogens is 2. The molecule has 74 valence electrons. The molecule has 1 rings (SSSR count). The largest absolute Gasteiger partial charge is 0.391 e. The minimum absolute atomic E-state index is 0. The van der Waals surface area contributed by atoms with Crippen LogP contribution in [0.3, 0.4) is 0 Å². The smallest absolute Gasteiger partial charge is 0.0705 e. The summed E-state index contributed by atoms with van der Waals surface area (Å²) in [5, 5.41) is 9.82.